The summed E-state index contributed by atoms with van der Waals surface area (Å²) in [6.45, 7) is 0. The molecule has 0 aliphatic carbocycles. The number of nitriles is 1. The highest BCUT2D eigenvalue weighted by Crippen LogP contribution is 2.33. The maximum Gasteiger partial charge on any atom is 0.161 e. The lowest BCUT2D eigenvalue weighted by atomic mass is 9.93. The standard InChI is InChI=1S/C15H13N5O2/c16-9-11-13(14(21)10-5-1-3-7-17-10)15(22)20(19-11)12-6-2-4-8-18-12/h1-8,13-15,21-22H. The molecule has 3 heterocycles. The van der Waals surface area contributed by atoms with Crippen LogP contribution < -0.4 is 5.01 Å². The van der Waals surface area contributed by atoms with Crippen molar-refractivity contribution in [2.24, 2.45) is 11.0 Å². The Kier molecular flexibility index (Phi) is 3.78. The van der Waals surface area contributed by atoms with E-state index in [9.17, 15) is 15.5 Å². The highest BCUT2D eigenvalue weighted by atomic mass is 16.3. The number of pyridine rings is 2. The number of aromatic nitrogens is 2. The van der Waals surface area contributed by atoms with Crippen LogP contribution in [-0.4, -0.2) is 32.1 Å². The minimum absolute atomic E-state index is 0.0382. The third kappa shape index (κ3) is 2.41. The van der Waals surface area contributed by atoms with Crippen molar-refractivity contribution in [2.75, 3.05) is 5.01 Å². The van der Waals surface area contributed by atoms with Gasteiger partial charge in [0.25, 0.3) is 0 Å². The van der Waals surface area contributed by atoms with Crippen LogP contribution in [0.25, 0.3) is 0 Å². The second kappa shape index (κ2) is 5.89. The molecule has 110 valence electrons. The third-order valence-electron chi connectivity index (χ3n) is 3.43. The summed E-state index contributed by atoms with van der Waals surface area (Å²) >= 11 is 0. The Labute approximate surface area is 126 Å². The smallest absolute Gasteiger partial charge is 0.161 e. The van der Waals surface area contributed by atoms with Crippen LogP contribution in [0.2, 0.25) is 0 Å². The molecule has 2 aromatic rings. The first-order chi connectivity index (χ1) is 10.7. The molecule has 7 heteroatoms. The molecule has 0 amide bonds. The van der Waals surface area contributed by atoms with Gasteiger partial charge in [-0.15, -0.1) is 0 Å². The van der Waals surface area contributed by atoms with Crippen molar-refractivity contribution in [3.8, 4) is 6.07 Å². The number of anilines is 1. The first-order valence-electron chi connectivity index (χ1n) is 6.68. The minimum Gasteiger partial charge on any atom is -0.386 e. The second-order valence-electron chi connectivity index (χ2n) is 4.77. The van der Waals surface area contributed by atoms with E-state index in [0.717, 1.165) is 0 Å². The van der Waals surface area contributed by atoms with Crippen molar-refractivity contribution in [3.63, 3.8) is 0 Å². The fraction of sp³-hybridized carbons (Fsp3) is 0.200. The van der Waals surface area contributed by atoms with Crippen molar-refractivity contribution >= 4 is 11.5 Å². The number of aliphatic hydroxyl groups is 2. The summed E-state index contributed by atoms with van der Waals surface area (Å²) in [7, 11) is 0. The number of hydrogen-bond donors (Lipinski definition) is 2. The van der Waals surface area contributed by atoms with Gasteiger partial charge in [0, 0.05) is 12.4 Å². The predicted octanol–water partition coefficient (Wildman–Crippen LogP) is 0.844. The molecule has 0 aromatic carbocycles. The van der Waals surface area contributed by atoms with Crippen LogP contribution in [0.4, 0.5) is 5.82 Å². The van der Waals surface area contributed by atoms with Crippen LogP contribution in [0.1, 0.15) is 11.8 Å². The van der Waals surface area contributed by atoms with Crippen LogP contribution in [0, 0.1) is 17.2 Å². The zero-order valence-electron chi connectivity index (χ0n) is 11.5. The van der Waals surface area contributed by atoms with E-state index in [4.69, 9.17) is 0 Å². The summed E-state index contributed by atoms with van der Waals surface area (Å²) in [6, 6.07) is 12.2. The third-order valence-corrected chi connectivity index (χ3v) is 3.43. The highest BCUT2D eigenvalue weighted by Gasteiger charge is 2.43. The van der Waals surface area contributed by atoms with E-state index in [1.165, 1.54) is 5.01 Å². The lowest BCUT2D eigenvalue weighted by molar-refractivity contribution is 0.0508. The summed E-state index contributed by atoms with van der Waals surface area (Å²) in [6.07, 6.45) is 0.774. The summed E-state index contributed by atoms with van der Waals surface area (Å²) in [4.78, 5) is 8.16. The summed E-state index contributed by atoms with van der Waals surface area (Å²) in [5.41, 5.74) is 0.411. The zero-order chi connectivity index (χ0) is 15.5. The number of hydrogen-bond acceptors (Lipinski definition) is 7. The normalized spacial score (nSPS) is 22.0. The van der Waals surface area contributed by atoms with E-state index >= 15 is 0 Å². The Balaban J connectivity index is 1.93. The van der Waals surface area contributed by atoms with E-state index in [1.807, 2.05) is 6.07 Å². The van der Waals surface area contributed by atoms with Gasteiger partial charge in [-0.3, -0.25) is 4.98 Å². The Morgan fingerprint density at radius 2 is 1.86 bits per heavy atom. The van der Waals surface area contributed by atoms with Gasteiger partial charge >= 0.3 is 0 Å². The maximum absolute atomic E-state index is 10.5. The van der Waals surface area contributed by atoms with E-state index in [0.29, 0.717) is 11.5 Å². The highest BCUT2D eigenvalue weighted by molar-refractivity contribution is 6.03. The van der Waals surface area contributed by atoms with Gasteiger partial charge in [0.2, 0.25) is 0 Å². The molecule has 1 aliphatic rings. The molecule has 22 heavy (non-hydrogen) atoms. The van der Waals surface area contributed by atoms with Crippen LogP contribution >= 0.6 is 0 Å². The lowest BCUT2D eigenvalue weighted by Crippen LogP contribution is -2.37. The second-order valence-corrected chi connectivity index (χ2v) is 4.77. The number of rotatable bonds is 3. The van der Waals surface area contributed by atoms with Gasteiger partial charge in [0.15, 0.2) is 12.0 Å². The van der Waals surface area contributed by atoms with Crippen molar-refractivity contribution in [3.05, 3.63) is 54.5 Å². The van der Waals surface area contributed by atoms with Gasteiger partial charge in [0.1, 0.15) is 17.9 Å². The average molecular weight is 295 g/mol. The fourth-order valence-corrected chi connectivity index (χ4v) is 2.36. The molecule has 2 aromatic heterocycles. The van der Waals surface area contributed by atoms with Gasteiger partial charge < -0.3 is 10.2 Å². The summed E-state index contributed by atoms with van der Waals surface area (Å²) in [5, 5.41) is 35.5. The van der Waals surface area contributed by atoms with Crippen LogP contribution in [0.3, 0.4) is 0 Å². The molecule has 0 bridgehead atoms. The predicted molar refractivity (Wildman–Crippen MR) is 78.5 cm³/mol. The molecular formula is C15H13N5O2. The van der Waals surface area contributed by atoms with E-state index in [1.54, 1.807) is 48.8 Å². The van der Waals surface area contributed by atoms with E-state index in [-0.39, 0.29) is 5.71 Å². The van der Waals surface area contributed by atoms with Gasteiger partial charge in [-0.2, -0.15) is 10.4 Å². The summed E-state index contributed by atoms with van der Waals surface area (Å²) < 4.78 is 0. The molecular weight excluding hydrogens is 282 g/mol. The van der Waals surface area contributed by atoms with Gasteiger partial charge in [-0.1, -0.05) is 12.1 Å². The van der Waals surface area contributed by atoms with E-state index in [2.05, 4.69) is 15.1 Å². The van der Waals surface area contributed by atoms with Crippen molar-refractivity contribution in [2.45, 2.75) is 12.3 Å². The first-order valence-corrected chi connectivity index (χ1v) is 6.68. The van der Waals surface area contributed by atoms with E-state index < -0.39 is 18.2 Å². The molecule has 0 radical (unpaired) electrons. The monoisotopic (exact) mass is 295 g/mol. The van der Waals surface area contributed by atoms with Crippen LogP contribution in [0.5, 0.6) is 0 Å². The SMILES string of the molecule is N#CC1=NN(c2ccccn2)C(O)C1C(O)c1ccccn1. The molecule has 3 unspecified atom stereocenters. The van der Waals surface area contributed by atoms with Gasteiger partial charge in [-0.25, -0.2) is 9.99 Å². The summed E-state index contributed by atoms with van der Waals surface area (Å²) in [5.74, 6) is -0.486. The number of hydrazone groups is 1. The fourth-order valence-electron chi connectivity index (χ4n) is 2.36. The molecule has 0 saturated heterocycles. The Hall–Kier alpha value is -2.82. The molecule has 0 spiro atoms. The molecule has 2 N–H and O–H groups in total. The first kappa shape index (κ1) is 14.1. The van der Waals surface area contributed by atoms with Crippen molar-refractivity contribution in [1.29, 1.82) is 5.26 Å². The molecule has 0 fully saturated rings. The average Bonchev–Trinajstić information content (AvgIpc) is 2.92. The number of nitrogens with zero attached hydrogens (tertiary/aromatic N) is 5. The minimum atomic E-state index is -1.19. The Bertz CT molecular complexity index is 714. The van der Waals surface area contributed by atoms with Crippen molar-refractivity contribution in [1.82, 2.24) is 9.97 Å². The van der Waals surface area contributed by atoms with Crippen molar-refractivity contribution < 1.29 is 10.2 Å². The molecule has 7 nitrogen and oxygen atoms in total. The molecule has 0 saturated carbocycles. The Morgan fingerprint density at radius 3 is 2.45 bits per heavy atom. The quantitative estimate of drug-likeness (QED) is 0.869. The van der Waals surface area contributed by atoms with Gasteiger partial charge in [0.05, 0.1) is 11.6 Å². The topological polar surface area (TPSA) is 106 Å². The van der Waals surface area contributed by atoms with Crippen LogP contribution in [-0.2, 0) is 0 Å². The molecule has 3 rings (SSSR count). The number of aliphatic hydroxyl groups excluding tert-OH is 2. The molecule has 1 aliphatic heterocycles. The molecule has 3 atom stereocenters. The zero-order valence-corrected chi connectivity index (χ0v) is 11.5. The maximum atomic E-state index is 10.5. The Morgan fingerprint density at radius 1 is 1.14 bits per heavy atom. The largest absolute Gasteiger partial charge is 0.386 e. The van der Waals surface area contributed by atoms with Crippen LogP contribution in [0.15, 0.2) is 53.9 Å². The van der Waals surface area contributed by atoms with Gasteiger partial charge in [-0.05, 0) is 24.3 Å². The lowest BCUT2D eigenvalue weighted by Gasteiger charge is -2.24.